The van der Waals surface area contributed by atoms with Crippen LogP contribution in [0.3, 0.4) is 0 Å². The lowest BCUT2D eigenvalue weighted by Gasteiger charge is -2.21. The van der Waals surface area contributed by atoms with Crippen molar-refractivity contribution in [1.82, 2.24) is 0 Å². The molecule has 0 aromatic heterocycles. The number of nitrogens with zero attached hydrogens (tertiary/aromatic N) is 1. The summed E-state index contributed by atoms with van der Waals surface area (Å²) in [6.07, 6.45) is 7.95. The fourth-order valence-corrected chi connectivity index (χ4v) is 3.43. The third kappa shape index (κ3) is 2.70. The minimum atomic E-state index is 0.963. The lowest BCUT2D eigenvalue weighted by atomic mass is 10.1. The Balaban J connectivity index is 1.54. The van der Waals surface area contributed by atoms with Crippen LogP contribution >= 0.6 is 0 Å². The van der Waals surface area contributed by atoms with Gasteiger partial charge in [0.25, 0.3) is 0 Å². The van der Waals surface area contributed by atoms with Crippen molar-refractivity contribution in [1.29, 1.82) is 0 Å². The molecule has 4 rings (SSSR count). The highest BCUT2D eigenvalue weighted by molar-refractivity contribution is 5.64. The van der Waals surface area contributed by atoms with Crippen molar-refractivity contribution in [2.75, 3.05) is 11.9 Å². The maximum atomic E-state index is 2.38. The highest BCUT2D eigenvalue weighted by atomic mass is 15.1. The lowest BCUT2D eigenvalue weighted by molar-refractivity contribution is 0.832. The van der Waals surface area contributed by atoms with E-state index in [1.165, 1.54) is 55.5 Å². The van der Waals surface area contributed by atoms with Gasteiger partial charge in [0.1, 0.15) is 0 Å². The normalized spacial score (nSPS) is 16.8. The van der Waals surface area contributed by atoms with Gasteiger partial charge in [-0.2, -0.15) is 0 Å². The molecule has 0 unspecified atom stereocenters. The minimum Gasteiger partial charge on any atom is -0.345 e. The molecule has 108 valence electrons. The van der Waals surface area contributed by atoms with E-state index in [1.54, 1.807) is 11.1 Å². The van der Waals surface area contributed by atoms with Crippen LogP contribution < -0.4 is 4.90 Å². The summed E-state index contributed by atoms with van der Waals surface area (Å²) in [5, 5.41) is 0. The van der Waals surface area contributed by atoms with Gasteiger partial charge in [-0.15, -0.1) is 0 Å². The first-order chi connectivity index (χ1) is 10.3. The lowest BCUT2D eigenvalue weighted by Crippen LogP contribution is -2.09. The quantitative estimate of drug-likeness (QED) is 0.768. The molecule has 2 aliphatic rings. The second kappa shape index (κ2) is 5.22. The maximum absolute atomic E-state index is 2.38. The van der Waals surface area contributed by atoms with E-state index >= 15 is 0 Å². The Kier molecular flexibility index (Phi) is 3.21. The number of fused-ring (bicyclic) bond motifs is 1. The predicted molar refractivity (Wildman–Crippen MR) is 89.4 cm³/mol. The Bertz CT molecular complexity index is 637. The predicted octanol–water partition coefficient (Wildman–Crippen LogP) is 4.90. The van der Waals surface area contributed by atoms with Gasteiger partial charge < -0.3 is 4.90 Å². The molecule has 21 heavy (non-hydrogen) atoms. The van der Waals surface area contributed by atoms with Crippen molar-refractivity contribution < 1.29 is 0 Å². The number of hydrogen-bond acceptors (Lipinski definition) is 1. The monoisotopic (exact) mass is 277 g/mol. The summed E-state index contributed by atoms with van der Waals surface area (Å²) in [6.45, 7) is 0. The second-order valence-corrected chi connectivity index (χ2v) is 6.68. The van der Waals surface area contributed by atoms with Crippen molar-refractivity contribution in [3.8, 4) is 0 Å². The molecule has 1 nitrogen and oxygen atoms in total. The van der Waals surface area contributed by atoms with Crippen molar-refractivity contribution >= 4 is 11.4 Å². The van der Waals surface area contributed by atoms with Gasteiger partial charge in [-0.25, -0.2) is 0 Å². The SMILES string of the molecule is CN(c1ccc(CC2CC2)cc1)c1ccc2c(c1)CCC2. The molecule has 1 heteroatoms. The van der Waals surface area contributed by atoms with E-state index in [2.05, 4.69) is 54.4 Å². The van der Waals surface area contributed by atoms with E-state index in [1.807, 2.05) is 0 Å². The van der Waals surface area contributed by atoms with Gasteiger partial charge in [0.2, 0.25) is 0 Å². The van der Waals surface area contributed by atoms with Gasteiger partial charge in [0, 0.05) is 18.4 Å². The van der Waals surface area contributed by atoms with Crippen molar-refractivity contribution in [3.05, 3.63) is 59.2 Å². The zero-order valence-electron chi connectivity index (χ0n) is 12.8. The molecule has 2 aromatic rings. The molecule has 1 saturated carbocycles. The third-order valence-corrected chi connectivity index (χ3v) is 5.01. The van der Waals surface area contributed by atoms with E-state index in [-0.39, 0.29) is 0 Å². The zero-order chi connectivity index (χ0) is 14.2. The van der Waals surface area contributed by atoms with Crippen molar-refractivity contribution in [2.24, 2.45) is 5.92 Å². The number of aryl methyl sites for hydroxylation is 2. The van der Waals surface area contributed by atoms with Crippen LogP contribution in [0.4, 0.5) is 11.4 Å². The molecule has 0 heterocycles. The Morgan fingerprint density at radius 2 is 1.62 bits per heavy atom. The van der Waals surface area contributed by atoms with Gasteiger partial charge in [0.15, 0.2) is 0 Å². The molecule has 0 amide bonds. The fraction of sp³-hybridized carbons (Fsp3) is 0.400. The molecule has 1 fully saturated rings. The third-order valence-electron chi connectivity index (χ3n) is 5.01. The first kappa shape index (κ1) is 12.9. The van der Waals surface area contributed by atoms with Crippen LogP contribution in [0.1, 0.15) is 36.0 Å². The summed E-state index contributed by atoms with van der Waals surface area (Å²) in [5.74, 6) is 0.963. The van der Waals surface area contributed by atoms with Crippen LogP contribution in [-0.4, -0.2) is 7.05 Å². The Morgan fingerprint density at radius 3 is 2.38 bits per heavy atom. The van der Waals surface area contributed by atoms with E-state index in [4.69, 9.17) is 0 Å². The van der Waals surface area contributed by atoms with Crippen LogP contribution in [0.5, 0.6) is 0 Å². The summed E-state index contributed by atoms with van der Waals surface area (Å²) in [6, 6.07) is 16.1. The van der Waals surface area contributed by atoms with E-state index in [9.17, 15) is 0 Å². The molecule has 0 atom stereocenters. The van der Waals surface area contributed by atoms with Crippen LogP contribution in [0, 0.1) is 5.92 Å². The first-order valence-electron chi connectivity index (χ1n) is 8.24. The first-order valence-corrected chi connectivity index (χ1v) is 8.24. The smallest absolute Gasteiger partial charge is 0.0411 e. The summed E-state index contributed by atoms with van der Waals surface area (Å²) in [5.41, 5.74) is 7.18. The maximum Gasteiger partial charge on any atom is 0.0411 e. The molecule has 0 aliphatic heterocycles. The molecule has 0 bridgehead atoms. The molecule has 0 saturated heterocycles. The van der Waals surface area contributed by atoms with E-state index in [0.717, 1.165) is 5.92 Å². The molecule has 0 N–H and O–H groups in total. The van der Waals surface area contributed by atoms with Gasteiger partial charge in [-0.3, -0.25) is 0 Å². The average molecular weight is 277 g/mol. The van der Waals surface area contributed by atoms with Gasteiger partial charge in [0.05, 0.1) is 0 Å². The van der Waals surface area contributed by atoms with Crippen LogP contribution in [-0.2, 0) is 19.3 Å². The zero-order valence-corrected chi connectivity index (χ0v) is 12.8. The summed E-state index contributed by atoms with van der Waals surface area (Å²) in [4.78, 5) is 2.31. The van der Waals surface area contributed by atoms with Gasteiger partial charge in [-0.05, 0) is 85.4 Å². The fourth-order valence-electron chi connectivity index (χ4n) is 3.43. The molecule has 0 radical (unpaired) electrons. The van der Waals surface area contributed by atoms with Crippen molar-refractivity contribution in [3.63, 3.8) is 0 Å². The minimum absolute atomic E-state index is 0.963. The Hall–Kier alpha value is -1.76. The van der Waals surface area contributed by atoms with Crippen LogP contribution in [0.25, 0.3) is 0 Å². The second-order valence-electron chi connectivity index (χ2n) is 6.68. The Labute approximate surface area is 127 Å². The molecular formula is C20H23N. The highest BCUT2D eigenvalue weighted by Crippen LogP contribution is 2.34. The average Bonchev–Trinajstić information content (AvgIpc) is 3.21. The molecular weight excluding hydrogens is 254 g/mol. The Morgan fingerprint density at radius 1 is 0.905 bits per heavy atom. The van der Waals surface area contributed by atoms with Gasteiger partial charge >= 0.3 is 0 Å². The number of hydrogen-bond donors (Lipinski definition) is 0. The molecule has 2 aliphatic carbocycles. The van der Waals surface area contributed by atoms with E-state index < -0.39 is 0 Å². The van der Waals surface area contributed by atoms with Gasteiger partial charge in [-0.1, -0.05) is 18.2 Å². The van der Waals surface area contributed by atoms with Crippen LogP contribution in [0.15, 0.2) is 42.5 Å². The molecule has 0 spiro atoms. The largest absolute Gasteiger partial charge is 0.345 e. The summed E-state index contributed by atoms with van der Waals surface area (Å²) in [7, 11) is 2.17. The number of anilines is 2. The topological polar surface area (TPSA) is 3.24 Å². The number of rotatable bonds is 4. The summed E-state index contributed by atoms with van der Waals surface area (Å²) >= 11 is 0. The van der Waals surface area contributed by atoms with E-state index in [0.29, 0.717) is 0 Å². The highest BCUT2D eigenvalue weighted by Gasteiger charge is 2.21. The standard InChI is InChI=1S/C20H23N/c1-21(20-12-9-17-3-2-4-18(17)14-20)19-10-7-16(8-11-19)13-15-5-6-15/h7-12,14-15H,2-6,13H2,1H3. The molecule has 2 aromatic carbocycles. The van der Waals surface area contributed by atoms with Crippen molar-refractivity contribution in [2.45, 2.75) is 38.5 Å². The van der Waals surface area contributed by atoms with Crippen LogP contribution in [0.2, 0.25) is 0 Å². The number of benzene rings is 2. The summed E-state index contributed by atoms with van der Waals surface area (Å²) < 4.78 is 0.